The normalized spacial score (nSPS) is 12.1. The van der Waals surface area contributed by atoms with Crippen LogP contribution in [0, 0.1) is 13.8 Å². The van der Waals surface area contributed by atoms with Gasteiger partial charge in [0.25, 0.3) is 0 Å². The van der Waals surface area contributed by atoms with Gasteiger partial charge in [-0.25, -0.2) is 4.79 Å². The number of anilines is 1. The van der Waals surface area contributed by atoms with Gasteiger partial charge in [-0.2, -0.15) is 0 Å². The quantitative estimate of drug-likeness (QED) is 0.795. The van der Waals surface area contributed by atoms with Crippen molar-refractivity contribution in [2.24, 2.45) is 0 Å². The standard InChI is InChI=1S/C15H22BrNO2/c1-5-7-13(15(18)19-6-2)17-14-10(3)8-12(16)9-11(14)4/h8-9,13,17H,5-7H2,1-4H3. The maximum absolute atomic E-state index is 11.9. The lowest BCUT2D eigenvalue weighted by Gasteiger charge is -2.21. The van der Waals surface area contributed by atoms with Gasteiger partial charge >= 0.3 is 5.97 Å². The number of rotatable bonds is 6. The first kappa shape index (κ1) is 16.0. The molecule has 0 heterocycles. The number of carbonyl (C=O) groups excluding carboxylic acids is 1. The Labute approximate surface area is 123 Å². The number of aryl methyl sites for hydroxylation is 2. The van der Waals surface area contributed by atoms with Gasteiger partial charge in [-0.3, -0.25) is 0 Å². The fraction of sp³-hybridized carbons (Fsp3) is 0.533. The number of benzene rings is 1. The minimum atomic E-state index is -0.275. The fourth-order valence-corrected chi connectivity index (χ4v) is 2.78. The van der Waals surface area contributed by atoms with E-state index in [9.17, 15) is 4.79 Å². The summed E-state index contributed by atoms with van der Waals surface area (Å²) >= 11 is 3.48. The molecule has 1 aromatic rings. The van der Waals surface area contributed by atoms with Crippen LogP contribution in [0.3, 0.4) is 0 Å². The monoisotopic (exact) mass is 327 g/mol. The Morgan fingerprint density at radius 1 is 1.32 bits per heavy atom. The first-order valence-electron chi connectivity index (χ1n) is 6.69. The van der Waals surface area contributed by atoms with Crippen LogP contribution in [0.4, 0.5) is 5.69 Å². The fourth-order valence-electron chi connectivity index (χ4n) is 2.09. The molecule has 0 fully saturated rings. The van der Waals surface area contributed by atoms with E-state index < -0.39 is 0 Å². The van der Waals surface area contributed by atoms with E-state index in [4.69, 9.17) is 4.74 Å². The molecule has 3 nitrogen and oxygen atoms in total. The molecule has 1 atom stereocenters. The van der Waals surface area contributed by atoms with Crippen molar-refractivity contribution in [3.8, 4) is 0 Å². The van der Waals surface area contributed by atoms with E-state index in [1.54, 1.807) is 0 Å². The summed E-state index contributed by atoms with van der Waals surface area (Å²) in [5, 5.41) is 3.33. The predicted molar refractivity (Wildman–Crippen MR) is 82.6 cm³/mol. The number of halogens is 1. The Bertz CT molecular complexity index is 423. The Hall–Kier alpha value is -1.03. The predicted octanol–water partition coefficient (Wildman–Crippen LogP) is 4.21. The summed E-state index contributed by atoms with van der Waals surface area (Å²) in [6.45, 7) is 8.38. The highest BCUT2D eigenvalue weighted by Crippen LogP contribution is 2.26. The van der Waals surface area contributed by atoms with Crippen molar-refractivity contribution in [3.05, 3.63) is 27.7 Å². The molecule has 1 aromatic carbocycles. The molecule has 1 unspecified atom stereocenters. The van der Waals surface area contributed by atoms with E-state index in [0.717, 1.165) is 34.1 Å². The summed E-state index contributed by atoms with van der Waals surface area (Å²) in [6.07, 6.45) is 1.71. The van der Waals surface area contributed by atoms with Crippen LogP contribution in [0.2, 0.25) is 0 Å². The number of esters is 1. The third kappa shape index (κ3) is 4.53. The van der Waals surface area contributed by atoms with Crippen LogP contribution in [0.1, 0.15) is 37.8 Å². The zero-order valence-electron chi connectivity index (χ0n) is 12.0. The highest BCUT2D eigenvalue weighted by atomic mass is 79.9. The second-order valence-corrected chi connectivity index (χ2v) is 5.57. The van der Waals surface area contributed by atoms with Crippen molar-refractivity contribution in [2.75, 3.05) is 11.9 Å². The average Bonchev–Trinajstić information content (AvgIpc) is 2.32. The zero-order valence-corrected chi connectivity index (χ0v) is 13.6. The Morgan fingerprint density at radius 2 is 1.89 bits per heavy atom. The topological polar surface area (TPSA) is 38.3 Å². The van der Waals surface area contributed by atoms with Crippen LogP contribution >= 0.6 is 15.9 Å². The average molecular weight is 328 g/mol. The molecule has 4 heteroatoms. The van der Waals surface area contributed by atoms with Crippen molar-refractivity contribution < 1.29 is 9.53 Å². The van der Waals surface area contributed by atoms with Gasteiger partial charge in [-0.15, -0.1) is 0 Å². The minimum absolute atomic E-state index is 0.175. The summed E-state index contributed by atoms with van der Waals surface area (Å²) < 4.78 is 6.17. The van der Waals surface area contributed by atoms with Gasteiger partial charge in [0.05, 0.1) is 6.61 Å². The van der Waals surface area contributed by atoms with E-state index in [2.05, 4.69) is 28.2 Å². The summed E-state index contributed by atoms with van der Waals surface area (Å²) in [4.78, 5) is 11.9. The molecule has 0 saturated heterocycles. The van der Waals surface area contributed by atoms with E-state index in [1.807, 2.05) is 32.9 Å². The molecule has 0 bridgehead atoms. The summed E-state index contributed by atoms with van der Waals surface area (Å²) in [6, 6.07) is 3.82. The highest BCUT2D eigenvalue weighted by molar-refractivity contribution is 9.10. The van der Waals surface area contributed by atoms with E-state index in [-0.39, 0.29) is 12.0 Å². The minimum Gasteiger partial charge on any atom is -0.464 e. The van der Waals surface area contributed by atoms with Crippen LogP contribution in [-0.2, 0) is 9.53 Å². The van der Waals surface area contributed by atoms with E-state index >= 15 is 0 Å². The summed E-state index contributed by atoms with van der Waals surface area (Å²) in [5.41, 5.74) is 3.27. The van der Waals surface area contributed by atoms with Crippen molar-refractivity contribution in [2.45, 2.75) is 46.6 Å². The molecule has 0 aliphatic rings. The van der Waals surface area contributed by atoms with Crippen molar-refractivity contribution in [1.82, 2.24) is 0 Å². The molecule has 0 spiro atoms. The molecule has 1 N–H and O–H groups in total. The van der Waals surface area contributed by atoms with Crippen LogP contribution in [0.15, 0.2) is 16.6 Å². The van der Waals surface area contributed by atoms with Gasteiger partial charge in [0.2, 0.25) is 0 Å². The molecule has 0 amide bonds. The molecule has 0 saturated carbocycles. The van der Waals surface area contributed by atoms with Gasteiger partial charge in [0.1, 0.15) is 6.04 Å². The van der Waals surface area contributed by atoms with Gasteiger partial charge in [-0.05, 0) is 50.5 Å². The lowest BCUT2D eigenvalue weighted by molar-refractivity contribution is -0.144. The van der Waals surface area contributed by atoms with E-state index in [0.29, 0.717) is 6.61 Å². The third-order valence-corrected chi connectivity index (χ3v) is 3.42. The van der Waals surface area contributed by atoms with Crippen LogP contribution in [0.5, 0.6) is 0 Å². The zero-order chi connectivity index (χ0) is 14.4. The van der Waals surface area contributed by atoms with Crippen LogP contribution in [-0.4, -0.2) is 18.6 Å². The van der Waals surface area contributed by atoms with Crippen molar-refractivity contribution in [1.29, 1.82) is 0 Å². The molecule has 0 aromatic heterocycles. The number of hydrogen-bond acceptors (Lipinski definition) is 3. The Morgan fingerprint density at radius 3 is 2.37 bits per heavy atom. The number of carbonyl (C=O) groups is 1. The highest BCUT2D eigenvalue weighted by Gasteiger charge is 2.20. The van der Waals surface area contributed by atoms with Gasteiger partial charge in [-0.1, -0.05) is 29.3 Å². The Kier molecular flexibility index (Phi) is 6.35. The molecule has 19 heavy (non-hydrogen) atoms. The smallest absolute Gasteiger partial charge is 0.328 e. The molecular weight excluding hydrogens is 306 g/mol. The largest absolute Gasteiger partial charge is 0.464 e. The summed E-state index contributed by atoms with van der Waals surface area (Å²) in [7, 11) is 0. The van der Waals surface area contributed by atoms with Crippen molar-refractivity contribution in [3.63, 3.8) is 0 Å². The number of ether oxygens (including phenoxy) is 1. The lowest BCUT2D eigenvalue weighted by atomic mass is 10.1. The maximum atomic E-state index is 11.9. The molecule has 0 radical (unpaired) electrons. The van der Waals surface area contributed by atoms with Gasteiger partial charge in [0, 0.05) is 10.2 Å². The van der Waals surface area contributed by atoms with E-state index in [1.165, 1.54) is 0 Å². The summed E-state index contributed by atoms with van der Waals surface area (Å²) in [5.74, 6) is -0.175. The molecule has 1 rings (SSSR count). The molecule has 0 aliphatic carbocycles. The van der Waals surface area contributed by atoms with Crippen LogP contribution < -0.4 is 5.32 Å². The Balaban J connectivity index is 2.93. The molecule has 106 valence electrons. The second kappa shape index (κ2) is 7.53. The van der Waals surface area contributed by atoms with Gasteiger partial charge < -0.3 is 10.1 Å². The maximum Gasteiger partial charge on any atom is 0.328 e. The number of hydrogen-bond donors (Lipinski definition) is 1. The van der Waals surface area contributed by atoms with Crippen LogP contribution in [0.25, 0.3) is 0 Å². The molecular formula is C15H22BrNO2. The molecule has 0 aliphatic heterocycles. The third-order valence-electron chi connectivity index (χ3n) is 2.96. The second-order valence-electron chi connectivity index (χ2n) is 4.65. The number of nitrogens with one attached hydrogen (secondary N) is 1. The van der Waals surface area contributed by atoms with Gasteiger partial charge in [0.15, 0.2) is 0 Å². The lowest BCUT2D eigenvalue weighted by Crippen LogP contribution is -2.31. The first-order chi connectivity index (χ1) is 8.99. The van der Waals surface area contributed by atoms with Crippen molar-refractivity contribution >= 4 is 27.6 Å². The first-order valence-corrected chi connectivity index (χ1v) is 7.48. The SMILES string of the molecule is CCCC(Nc1c(C)cc(Br)cc1C)C(=O)OCC.